The van der Waals surface area contributed by atoms with Crippen molar-refractivity contribution in [3.8, 4) is 0 Å². The van der Waals surface area contributed by atoms with Gasteiger partial charge in [-0.05, 0) is 30.4 Å². The Bertz CT molecular complexity index is 801. The molecule has 0 fully saturated rings. The first-order valence-corrected chi connectivity index (χ1v) is 8.82. The molecule has 126 valence electrons. The van der Waals surface area contributed by atoms with E-state index in [1.807, 2.05) is 26.0 Å². The van der Waals surface area contributed by atoms with Crippen molar-refractivity contribution < 1.29 is 9.53 Å². The van der Waals surface area contributed by atoms with Crippen LogP contribution in [0.2, 0.25) is 5.02 Å². The molecule has 1 aromatic heterocycles. The molecule has 0 spiro atoms. The van der Waals surface area contributed by atoms with Gasteiger partial charge >= 0.3 is 5.97 Å². The molecule has 6 nitrogen and oxygen atoms in total. The highest BCUT2D eigenvalue weighted by Gasteiger charge is 2.34. The third kappa shape index (κ3) is 3.01. The van der Waals surface area contributed by atoms with E-state index in [1.165, 1.54) is 7.11 Å². The number of ether oxygens (including phenoxy) is 1. The largest absolute Gasteiger partial charge is 0.466 e. The first-order chi connectivity index (χ1) is 11.5. The SMILES string of the molecule is CCSc1nc2n(n1)[C@H](c1ccc(Cl)cc1)C(C(=O)OC)=C(C)N2. The predicted octanol–water partition coefficient (Wildman–Crippen LogP) is 3.51. The van der Waals surface area contributed by atoms with Gasteiger partial charge in [0.1, 0.15) is 6.04 Å². The van der Waals surface area contributed by atoms with Gasteiger partial charge in [0.15, 0.2) is 0 Å². The van der Waals surface area contributed by atoms with Crippen molar-refractivity contribution in [2.75, 3.05) is 18.2 Å². The Hall–Kier alpha value is -1.99. The maximum Gasteiger partial charge on any atom is 0.338 e. The molecule has 1 aliphatic heterocycles. The Balaban J connectivity index is 2.15. The second kappa shape index (κ2) is 6.86. The second-order valence-electron chi connectivity index (χ2n) is 5.20. The first kappa shape index (κ1) is 16.9. The quantitative estimate of drug-likeness (QED) is 0.661. The van der Waals surface area contributed by atoms with Gasteiger partial charge < -0.3 is 10.1 Å². The molecule has 0 unspecified atom stereocenters. The topological polar surface area (TPSA) is 69.0 Å². The highest BCUT2D eigenvalue weighted by atomic mass is 35.5. The van der Waals surface area contributed by atoms with Crippen LogP contribution in [0.15, 0.2) is 40.7 Å². The number of carbonyl (C=O) groups excluding carboxylic acids is 1. The minimum atomic E-state index is -0.412. The van der Waals surface area contributed by atoms with Crippen molar-refractivity contribution >= 4 is 35.3 Å². The molecule has 2 heterocycles. The molecule has 1 N–H and O–H groups in total. The van der Waals surface area contributed by atoms with Crippen molar-refractivity contribution in [3.05, 3.63) is 46.1 Å². The molecule has 3 rings (SSSR count). The summed E-state index contributed by atoms with van der Waals surface area (Å²) in [6.07, 6.45) is 0. The molecule has 0 bridgehead atoms. The summed E-state index contributed by atoms with van der Waals surface area (Å²) < 4.78 is 6.70. The van der Waals surface area contributed by atoms with E-state index in [1.54, 1.807) is 28.6 Å². The van der Waals surface area contributed by atoms with Crippen LogP contribution in [-0.2, 0) is 9.53 Å². The van der Waals surface area contributed by atoms with Crippen LogP contribution in [0.4, 0.5) is 5.95 Å². The normalized spacial score (nSPS) is 16.6. The van der Waals surface area contributed by atoms with Gasteiger partial charge in [-0.3, -0.25) is 0 Å². The lowest BCUT2D eigenvalue weighted by Crippen LogP contribution is -2.29. The summed E-state index contributed by atoms with van der Waals surface area (Å²) in [5.41, 5.74) is 2.10. The Morgan fingerprint density at radius 1 is 1.42 bits per heavy atom. The molecular formula is C16H17ClN4O2S. The monoisotopic (exact) mass is 364 g/mol. The molecule has 8 heteroatoms. The number of benzene rings is 1. The van der Waals surface area contributed by atoms with E-state index in [-0.39, 0.29) is 0 Å². The van der Waals surface area contributed by atoms with E-state index >= 15 is 0 Å². The number of rotatable bonds is 4. The first-order valence-electron chi connectivity index (χ1n) is 7.46. The minimum absolute atomic E-state index is 0.397. The van der Waals surface area contributed by atoms with Crippen LogP contribution in [0.3, 0.4) is 0 Å². The number of fused-ring (bicyclic) bond motifs is 1. The Morgan fingerprint density at radius 3 is 2.75 bits per heavy atom. The lowest BCUT2D eigenvalue weighted by molar-refractivity contribution is -0.136. The summed E-state index contributed by atoms with van der Waals surface area (Å²) in [5.74, 6) is 1.08. The summed E-state index contributed by atoms with van der Waals surface area (Å²) in [4.78, 5) is 16.9. The molecule has 1 aliphatic rings. The van der Waals surface area contributed by atoms with Crippen molar-refractivity contribution in [2.24, 2.45) is 0 Å². The van der Waals surface area contributed by atoms with Gasteiger partial charge in [-0.1, -0.05) is 42.4 Å². The van der Waals surface area contributed by atoms with Gasteiger partial charge in [-0.15, -0.1) is 5.10 Å². The number of anilines is 1. The van der Waals surface area contributed by atoms with E-state index in [0.717, 1.165) is 11.3 Å². The van der Waals surface area contributed by atoms with Crippen LogP contribution < -0.4 is 5.32 Å². The number of allylic oxidation sites excluding steroid dienone is 1. The molecular weight excluding hydrogens is 348 g/mol. The van der Waals surface area contributed by atoms with Crippen molar-refractivity contribution in [1.82, 2.24) is 14.8 Å². The van der Waals surface area contributed by atoms with Gasteiger partial charge in [0.05, 0.1) is 12.7 Å². The Labute approximate surface area is 149 Å². The van der Waals surface area contributed by atoms with Crippen molar-refractivity contribution in [2.45, 2.75) is 25.0 Å². The number of hydrogen-bond donors (Lipinski definition) is 1. The highest BCUT2D eigenvalue weighted by molar-refractivity contribution is 7.99. The number of aromatic nitrogens is 3. The molecule has 0 saturated carbocycles. The van der Waals surface area contributed by atoms with E-state index < -0.39 is 12.0 Å². The lowest BCUT2D eigenvalue weighted by Gasteiger charge is -2.27. The smallest absolute Gasteiger partial charge is 0.338 e. The maximum absolute atomic E-state index is 12.4. The van der Waals surface area contributed by atoms with Crippen LogP contribution in [0.1, 0.15) is 25.5 Å². The molecule has 1 atom stereocenters. The van der Waals surface area contributed by atoms with Crippen LogP contribution >= 0.6 is 23.4 Å². The molecule has 1 aromatic carbocycles. The van der Waals surface area contributed by atoms with Crippen molar-refractivity contribution in [1.29, 1.82) is 0 Å². The summed E-state index contributed by atoms with van der Waals surface area (Å²) >= 11 is 7.54. The van der Waals surface area contributed by atoms with Crippen LogP contribution in [0.5, 0.6) is 0 Å². The fraction of sp³-hybridized carbons (Fsp3) is 0.312. The van der Waals surface area contributed by atoms with E-state index in [4.69, 9.17) is 16.3 Å². The Morgan fingerprint density at radius 2 is 2.12 bits per heavy atom. The van der Waals surface area contributed by atoms with Crippen LogP contribution in [0, 0.1) is 0 Å². The molecule has 0 saturated heterocycles. The van der Waals surface area contributed by atoms with Crippen LogP contribution in [0.25, 0.3) is 0 Å². The summed E-state index contributed by atoms with van der Waals surface area (Å²) in [6.45, 7) is 3.87. The second-order valence-corrected chi connectivity index (χ2v) is 6.87. The molecule has 0 radical (unpaired) electrons. The average molecular weight is 365 g/mol. The number of carbonyl (C=O) groups is 1. The number of esters is 1. The number of halogens is 1. The van der Waals surface area contributed by atoms with Crippen molar-refractivity contribution in [3.63, 3.8) is 0 Å². The molecule has 24 heavy (non-hydrogen) atoms. The fourth-order valence-corrected chi connectivity index (χ4v) is 3.33. The van der Waals surface area contributed by atoms with Gasteiger partial charge in [-0.2, -0.15) is 4.98 Å². The van der Waals surface area contributed by atoms with Crippen LogP contribution in [-0.4, -0.2) is 33.6 Å². The molecule has 2 aromatic rings. The summed E-state index contributed by atoms with van der Waals surface area (Å²) in [5, 5.41) is 9.00. The number of nitrogens with one attached hydrogen (secondary N) is 1. The molecule has 0 aliphatic carbocycles. The zero-order valence-electron chi connectivity index (χ0n) is 13.5. The standard InChI is InChI=1S/C16H17ClN4O2S/c1-4-24-16-19-15-18-9(2)12(14(22)23-3)13(21(15)20-16)10-5-7-11(17)8-6-10/h5-8,13H,4H2,1-3H3,(H,18,19,20)/t13-/m1/s1. The number of methoxy groups -OCH3 is 1. The summed E-state index contributed by atoms with van der Waals surface area (Å²) in [7, 11) is 1.37. The lowest BCUT2D eigenvalue weighted by atomic mass is 9.96. The average Bonchev–Trinajstić information content (AvgIpc) is 2.96. The number of hydrogen-bond acceptors (Lipinski definition) is 6. The number of nitrogens with zero attached hydrogens (tertiary/aromatic N) is 3. The maximum atomic E-state index is 12.4. The minimum Gasteiger partial charge on any atom is -0.466 e. The van der Waals surface area contributed by atoms with Gasteiger partial charge in [0, 0.05) is 10.7 Å². The molecule has 0 amide bonds. The van der Waals surface area contributed by atoms with Gasteiger partial charge in [0.2, 0.25) is 11.1 Å². The summed E-state index contributed by atoms with van der Waals surface area (Å²) in [6, 6.07) is 6.94. The van der Waals surface area contributed by atoms with E-state index in [9.17, 15) is 4.79 Å². The van der Waals surface area contributed by atoms with E-state index in [0.29, 0.717) is 27.4 Å². The number of thioether (sulfide) groups is 1. The highest BCUT2D eigenvalue weighted by Crippen LogP contribution is 2.36. The third-order valence-electron chi connectivity index (χ3n) is 3.70. The zero-order chi connectivity index (χ0) is 17.3. The van der Waals surface area contributed by atoms with E-state index in [2.05, 4.69) is 15.4 Å². The third-order valence-corrected chi connectivity index (χ3v) is 4.67. The Kier molecular flexibility index (Phi) is 4.82. The van der Waals surface area contributed by atoms with Gasteiger partial charge in [0.25, 0.3) is 0 Å². The van der Waals surface area contributed by atoms with Gasteiger partial charge in [-0.25, -0.2) is 9.48 Å². The fourth-order valence-electron chi connectivity index (χ4n) is 2.65. The zero-order valence-corrected chi connectivity index (χ0v) is 15.1. The predicted molar refractivity (Wildman–Crippen MR) is 94.3 cm³/mol.